The Hall–Kier alpha value is -2.13. The van der Waals surface area contributed by atoms with Crippen molar-refractivity contribution in [2.45, 2.75) is 81.6 Å². The van der Waals surface area contributed by atoms with Crippen LogP contribution in [0.1, 0.15) is 92.4 Å². The summed E-state index contributed by atoms with van der Waals surface area (Å²) in [4.78, 5) is 11.3. The molecule has 2 aromatic carbocycles. The molecule has 3 unspecified atom stereocenters. The SMILES string of the molecule is COC1(c2ccc(C(=O)O)cc2)CCC2(c3ccc4c(c3)C(C)(C)CCC4(C)C)CC21. The Morgan fingerprint density at radius 2 is 1.48 bits per heavy atom. The molecule has 3 nitrogen and oxygen atoms in total. The molecule has 0 spiro atoms. The van der Waals surface area contributed by atoms with Gasteiger partial charge in [0.1, 0.15) is 0 Å². The third-order valence-electron chi connectivity index (χ3n) is 8.99. The van der Waals surface area contributed by atoms with E-state index in [9.17, 15) is 9.90 Å². The van der Waals surface area contributed by atoms with Gasteiger partial charge in [-0.05, 0) is 77.3 Å². The summed E-state index contributed by atoms with van der Waals surface area (Å²) < 4.78 is 6.22. The monoisotopic (exact) mass is 418 g/mol. The molecule has 3 aliphatic carbocycles. The standard InChI is InChI=1S/C28H34O3/c1-25(2)12-13-26(3,4)22-16-20(10-11-21(22)25)27-14-15-28(31-5,23(27)17-27)19-8-6-18(7-9-19)24(29)30/h6-11,16,23H,12-15,17H2,1-5H3,(H,29,30). The first-order chi connectivity index (χ1) is 14.6. The van der Waals surface area contributed by atoms with Gasteiger partial charge in [0.2, 0.25) is 0 Å². The number of ether oxygens (including phenoxy) is 1. The molecular weight excluding hydrogens is 384 g/mol. The van der Waals surface area contributed by atoms with Gasteiger partial charge in [-0.25, -0.2) is 4.79 Å². The van der Waals surface area contributed by atoms with Gasteiger partial charge >= 0.3 is 5.97 Å². The summed E-state index contributed by atoms with van der Waals surface area (Å²) in [7, 11) is 1.82. The van der Waals surface area contributed by atoms with Crippen molar-refractivity contribution in [3.8, 4) is 0 Å². The summed E-state index contributed by atoms with van der Waals surface area (Å²) >= 11 is 0. The van der Waals surface area contributed by atoms with Crippen LogP contribution in [0.5, 0.6) is 0 Å². The molecule has 0 amide bonds. The Bertz CT molecular complexity index is 1050. The molecule has 5 rings (SSSR count). The van der Waals surface area contributed by atoms with Crippen molar-refractivity contribution in [2.24, 2.45) is 5.92 Å². The Morgan fingerprint density at radius 3 is 2.06 bits per heavy atom. The van der Waals surface area contributed by atoms with Crippen molar-refractivity contribution in [1.82, 2.24) is 0 Å². The van der Waals surface area contributed by atoms with E-state index in [2.05, 4.69) is 45.9 Å². The largest absolute Gasteiger partial charge is 0.478 e. The highest BCUT2D eigenvalue weighted by Crippen LogP contribution is 2.72. The molecule has 2 fully saturated rings. The van der Waals surface area contributed by atoms with Crippen LogP contribution in [0.25, 0.3) is 0 Å². The summed E-state index contributed by atoms with van der Waals surface area (Å²) in [5.41, 5.74) is 6.29. The van der Waals surface area contributed by atoms with Gasteiger partial charge in [0.25, 0.3) is 0 Å². The van der Waals surface area contributed by atoms with Crippen LogP contribution in [0.3, 0.4) is 0 Å². The number of carbonyl (C=O) groups is 1. The van der Waals surface area contributed by atoms with Gasteiger partial charge in [-0.1, -0.05) is 58.0 Å². The molecule has 0 aliphatic heterocycles. The molecule has 164 valence electrons. The number of hydrogen-bond donors (Lipinski definition) is 1. The Labute approximate surface area is 185 Å². The van der Waals surface area contributed by atoms with E-state index in [4.69, 9.17) is 4.74 Å². The summed E-state index contributed by atoms with van der Waals surface area (Å²) in [5.74, 6) is -0.441. The third-order valence-corrected chi connectivity index (χ3v) is 8.99. The lowest BCUT2D eigenvalue weighted by Crippen LogP contribution is -2.34. The van der Waals surface area contributed by atoms with E-state index in [0.29, 0.717) is 11.5 Å². The van der Waals surface area contributed by atoms with Gasteiger partial charge in [-0.2, -0.15) is 0 Å². The number of aromatic carboxylic acids is 1. The van der Waals surface area contributed by atoms with E-state index in [-0.39, 0.29) is 21.8 Å². The zero-order chi connectivity index (χ0) is 22.2. The summed E-state index contributed by atoms with van der Waals surface area (Å²) in [5, 5.41) is 9.26. The second-order valence-electron chi connectivity index (χ2n) is 11.4. The Balaban J connectivity index is 1.52. The second kappa shape index (κ2) is 6.45. The number of benzene rings is 2. The topological polar surface area (TPSA) is 46.5 Å². The van der Waals surface area contributed by atoms with Crippen molar-refractivity contribution in [2.75, 3.05) is 7.11 Å². The number of carboxylic acids is 1. The number of rotatable bonds is 4. The smallest absolute Gasteiger partial charge is 0.335 e. The van der Waals surface area contributed by atoms with Gasteiger partial charge in [-0.15, -0.1) is 0 Å². The minimum atomic E-state index is -0.884. The van der Waals surface area contributed by atoms with Crippen molar-refractivity contribution < 1.29 is 14.6 Å². The predicted molar refractivity (Wildman–Crippen MR) is 123 cm³/mol. The van der Waals surface area contributed by atoms with Crippen LogP contribution in [-0.4, -0.2) is 18.2 Å². The summed E-state index contributed by atoms with van der Waals surface area (Å²) in [6.45, 7) is 9.55. The average molecular weight is 419 g/mol. The molecule has 2 aromatic rings. The fourth-order valence-electron chi connectivity index (χ4n) is 6.74. The van der Waals surface area contributed by atoms with Crippen LogP contribution in [0, 0.1) is 5.92 Å². The Morgan fingerprint density at radius 1 is 0.871 bits per heavy atom. The predicted octanol–water partition coefficient (Wildman–Crippen LogP) is 6.33. The molecule has 0 aromatic heterocycles. The fourth-order valence-corrected chi connectivity index (χ4v) is 6.74. The Kier molecular flexibility index (Phi) is 4.32. The van der Waals surface area contributed by atoms with Gasteiger partial charge in [0.05, 0.1) is 11.2 Å². The first kappa shape index (κ1) is 20.8. The minimum Gasteiger partial charge on any atom is -0.478 e. The van der Waals surface area contributed by atoms with E-state index in [0.717, 1.165) is 24.8 Å². The highest BCUT2D eigenvalue weighted by Gasteiger charge is 2.70. The zero-order valence-electron chi connectivity index (χ0n) is 19.4. The summed E-state index contributed by atoms with van der Waals surface area (Å²) in [6.07, 6.45) is 5.70. The van der Waals surface area contributed by atoms with E-state index in [1.165, 1.54) is 29.5 Å². The first-order valence-corrected chi connectivity index (χ1v) is 11.6. The number of carboxylic acid groups (broad SMARTS) is 1. The molecular formula is C28H34O3. The van der Waals surface area contributed by atoms with Crippen LogP contribution < -0.4 is 0 Å². The van der Waals surface area contributed by atoms with Crippen LogP contribution in [0.15, 0.2) is 42.5 Å². The third kappa shape index (κ3) is 2.85. The molecule has 31 heavy (non-hydrogen) atoms. The molecule has 0 heterocycles. The van der Waals surface area contributed by atoms with E-state index in [1.807, 2.05) is 19.2 Å². The average Bonchev–Trinajstić information content (AvgIpc) is 3.41. The highest BCUT2D eigenvalue weighted by atomic mass is 16.5. The molecule has 0 radical (unpaired) electrons. The van der Waals surface area contributed by atoms with Crippen LogP contribution in [0.2, 0.25) is 0 Å². The molecule has 0 bridgehead atoms. The molecule has 2 saturated carbocycles. The van der Waals surface area contributed by atoms with Gasteiger partial charge < -0.3 is 9.84 Å². The van der Waals surface area contributed by atoms with Crippen LogP contribution in [0.4, 0.5) is 0 Å². The molecule has 3 atom stereocenters. The quantitative estimate of drug-likeness (QED) is 0.631. The van der Waals surface area contributed by atoms with E-state index >= 15 is 0 Å². The molecule has 0 saturated heterocycles. The lowest BCUT2D eigenvalue weighted by Gasteiger charge is -2.42. The van der Waals surface area contributed by atoms with Crippen LogP contribution in [-0.2, 0) is 26.6 Å². The lowest BCUT2D eigenvalue weighted by atomic mass is 9.62. The van der Waals surface area contributed by atoms with E-state index in [1.54, 1.807) is 12.1 Å². The lowest BCUT2D eigenvalue weighted by molar-refractivity contribution is -0.0287. The number of methoxy groups -OCH3 is 1. The maximum absolute atomic E-state index is 11.3. The van der Waals surface area contributed by atoms with Crippen molar-refractivity contribution >= 4 is 5.97 Å². The van der Waals surface area contributed by atoms with Crippen molar-refractivity contribution in [1.29, 1.82) is 0 Å². The highest BCUT2D eigenvalue weighted by molar-refractivity contribution is 5.87. The van der Waals surface area contributed by atoms with Gasteiger partial charge in [0.15, 0.2) is 0 Å². The minimum absolute atomic E-state index is 0.189. The second-order valence-corrected chi connectivity index (χ2v) is 11.4. The first-order valence-electron chi connectivity index (χ1n) is 11.6. The maximum Gasteiger partial charge on any atom is 0.335 e. The fraction of sp³-hybridized carbons (Fsp3) is 0.536. The summed E-state index contributed by atoms with van der Waals surface area (Å²) in [6, 6.07) is 14.7. The van der Waals surface area contributed by atoms with E-state index < -0.39 is 5.97 Å². The number of fused-ring (bicyclic) bond motifs is 2. The van der Waals surface area contributed by atoms with Gasteiger partial charge in [0, 0.05) is 18.4 Å². The van der Waals surface area contributed by atoms with Crippen molar-refractivity contribution in [3.63, 3.8) is 0 Å². The maximum atomic E-state index is 11.3. The zero-order valence-corrected chi connectivity index (χ0v) is 19.4. The van der Waals surface area contributed by atoms with Crippen molar-refractivity contribution in [3.05, 3.63) is 70.3 Å². The van der Waals surface area contributed by atoms with Gasteiger partial charge in [-0.3, -0.25) is 0 Å². The molecule has 1 N–H and O–H groups in total. The van der Waals surface area contributed by atoms with Crippen LogP contribution >= 0.6 is 0 Å². The normalized spacial score (nSPS) is 32.2. The molecule has 3 heteroatoms. The molecule has 3 aliphatic rings. The number of hydrogen-bond acceptors (Lipinski definition) is 2.